The summed E-state index contributed by atoms with van der Waals surface area (Å²) in [7, 11) is 1.68. The van der Waals surface area contributed by atoms with E-state index < -0.39 is 12.0 Å². The second-order valence-electron chi connectivity index (χ2n) is 12.1. The number of carbonyl (C=O) groups excluding carboxylic acids is 1. The first-order valence-electron chi connectivity index (χ1n) is 15.1. The molecule has 2 unspecified atom stereocenters. The average molecular weight is 711 g/mol. The molecule has 0 aromatic carbocycles. The summed E-state index contributed by atoms with van der Waals surface area (Å²) in [6.07, 6.45) is 2.03. The van der Waals surface area contributed by atoms with Gasteiger partial charge in [0, 0.05) is 7.11 Å². The number of nitrogens with zero attached hydrogens (tertiary/aromatic N) is 7. The molecule has 3 fully saturated rings. The van der Waals surface area contributed by atoms with Crippen LogP contribution in [0.2, 0.25) is 0 Å². The molecule has 234 valence electrons. The van der Waals surface area contributed by atoms with Gasteiger partial charge in [-0.3, -0.25) is 0 Å². The van der Waals surface area contributed by atoms with E-state index in [2.05, 4.69) is 44.4 Å². The Balaban J connectivity index is 1.14. The fraction of sp³-hybridized carbons (Fsp3) is 0.633. The van der Waals surface area contributed by atoms with E-state index in [-0.39, 0.29) is 38.8 Å². The number of carbonyl (C=O) groups is 1. The second-order valence-corrected chi connectivity index (χ2v) is 15.4. The Hall–Kier alpha value is -2.36. The summed E-state index contributed by atoms with van der Waals surface area (Å²) < 4.78 is 44.5. The zero-order valence-corrected chi connectivity index (χ0v) is 26.9. The van der Waals surface area contributed by atoms with Crippen LogP contribution >= 0.6 is 0 Å². The monoisotopic (exact) mass is 710 g/mol. The van der Waals surface area contributed by atoms with Gasteiger partial charge >= 0.3 is 250 Å². The second kappa shape index (κ2) is 11.5. The number of aryl methyl sites for hydroxylation is 1. The maximum atomic E-state index is 14.6. The number of hydrogen-bond acceptors (Lipinski definition) is 8. The molecule has 1 spiro atoms. The molecule has 10 nitrogen and oxygen atoms in total. The van der Waals surface area contributed by atoms with Gasteiger partial charge in [0.2, 0.25) is 0 Å². The van der Waals surface area contributed by atoms with Gasteiger partial charge in [-0.1, -0.05) is 0 Å². The third-order valence-electron chi connectivity index (χ3n) is 9.74. The summed E-state index contributed by atoms with van der Waals surface area (Å²) in [6.45, 7) is 11.8. The van der Waals surface area contributed by atoms with Crippen LogP contribution in [0.25, 0.3) is 0 Å². The van der Waals surface area contributed by atoms with Crippen LogP contribution in [0.1, 0.15) is 41.4 Å². The van der Waals surface area contributed by atoms with E-state index in [4.69, 9.17) is 9.47 Å². The van der Waals surface area contributed by atoms with E-state index in [1.807, 2.05) is 15.8 Å². The van der Waals surface area contributed by atoms with E-state index in [0.29, 0.717) is 61.7 Å². The van der Waals surface area contributed by atoms with E-state index in [9.17, 15) is 13.6 Å². The summed E-state index contributed by atoms with van der Waals surface area (Å²) in [4.78, 5) is 25.6. The number of pyridine rings is 1. The summed E-state index contributed by atoms with van der Waals surface area (Å²) in [5, 5.41) is 4.66. The third kappa shape index (κ3) is 4.94. The van der Waals surface area contributed by atoms with Crippen LogP contribution in [0.5, 0.6) is 0 Å². The molecular formula is C30H39F2IN7O3-. The molecule has 2 aromatic heterocycles. The van der Waals surface area contributed by atoms with Gasteiger partial charge in [0.25, 0.3) is 0 Å². The number of aromatic nitrogens is 3. The van der Waals surface area contributed by atoms with Gasteiger partial charge in [-0.05, 0) is 0 Å². The number of piperazine rings is 1. The fourth-order valence-electron chi connectivity index (χ4n) is 7.54. The molecule has 1 amide bonds. The van der Waals surface area contributed by atoms with Crippen molar-refractivity contribution in [3.63, 3.8) is 0 Å². The van der Waals surface area contributed by atoms with Gasteiger partial charge < -0.3 is 4.74 Å². The van der Waals surface area contributed by atoms with Crippen molar-refractivity contribution in [2.45, 2.75) is 47.9 Å². The number of hydrogen-bond donors (Lipinski definition) is 0. The summed E-state index contributed by atoms with van der Waals surface area (Å²) in [6, 6.07) is 2.48. The summed E-state index contributed by atoms with van der Waals surface area (Å²) in [5.74, 6) is 0.595. The fourth-order valence-corrected chi connectivity index (χ4v) is 11.3. The molecular weight excluding hydrogens is 671 g/mol. The van der Waals surface area contributed by atoms with Crippen LogP contribution in [-0.4, -0.2) is 111 Å². The van der Waals surface area contributed by atoms with E-state index in [1.165, 1.54) is 6.08 Å². The number of rotatable bonds is 6. The molecule has 0 saturated carbocycles. The van der Waals surface area contributed by atoms with Gasteiger partial charge in [-0.25, -0.2) is 0 Å². The Labute approximate surface area is 261 Å². The van der Waals surface area contributed by atoms with Crippen molar-refractivity contribution in [2.24, 2.45) is 0 Å². The number of methoxy groups -OCH3 is 1. The molecule has 2 aromatic rings. The van der Waals surface area contributed by atoms with E-state index in [0.717, 1.165) is 53.0 Å². The van der Waals surface area contributed by atoms with Crippen LogP contribution in [0.15, 0.2) is 24.9 Å². The quantitative estimate of drug-likeness (QED) is 0.170. The third-order valence-corrected chi connectivity index (χ3v) is 13.3. The molecule has 0 N–H and O–H groups in total. The van der Waals surface area contributed by atoms with Crippen molar-refractivity contribution in [1.82, 2.24) is 24.6 Å². The SMILES string of the molecule is C=CC(=O)N1CCN(C2CN3c4cc(N5CC[C@@]6(C5)OC[C@H](COC)n5ncc(C)c56)nc(C(F)F)c4CC[I-]C23)CC1. The van der Waals surface area contributed by atoms with E-state index >= 15 is 0 Å². The van der Waals surface area contributed by atoms with Crippen molar-refractivity contribution < 1.29 is 44.3 Å². The molecule has 5 aliphatic heterocycles. The molecule has 7 rings (SSSR count). The summed E-state index contributed by atoms with van der Waals surface area (Å²) in [5.41, 5.74) is 3.15. The number of halogens is 3. The van der Waals surface area contributed by atoms with Gasteiger partial charge in [-0.2, -0.15) is 0 Å². The molecule has 5 aliphatic rings. The topological polar surface area (TPSA) is 79.2 Å². The van der Waals surface area contributed by atoms with Crippen LogP contribution in [0.4, 0.5) is 20.3 Å². The minimum atomic E-state index is -2.63. The average Bonchev–Trinajstić information content (AvgIpc) is 3.57. The van der Waals surface area contributed by atoms with Crippen molar-refractivity contribution >= 4 is 17.4 Å². The maximum absolute atomic E-state index is 14.6. The van der Waals surface area contributed by atoms with Gasteiger partial charge in [0.1, 0.15) is 0 Å². The predicted molar refractivity (Wildman–Crippen MR) is 153 cm³/mol. The van der Waals surface area contributed by atoms with Gasteiger partial charge in [0.15, 0.2) is 0 Å². The molecule has 43 heavy (non-hydrogen) atoms. The van der Waals surface area contributed by atoms with Gasteiger partial charge in [-0.15, -0.1) is 0 Å². The Bertz CT molecular complexity index is 1400. The Morgan fingerprint density at radius 2 is 2.12 bits per heavy atom. The number of anilines is 2. The molecule has 7 heterocycles. The normalized spacial score (nSPS) is 29.0. The molecule has 4 atom stereocenters. The molecule has 0 bridgehead atoms. The number of ether oxygens (including phenoxy) is 2. The Kier molecular flexibility index (Phi) is 7.87. The Morgan fingerprint density at radius 3 is 2.86 bits per heavy atom. The van der Waals surface area contributed by atoms with Crippen molar-refractivity contribution in [3.8, 4) is 0 Å². The predicted octanol–water partition coefficient (Wildman–Crippen LogP) is -0.663. The van der Waals surface area contributed by atoms with Gasteiger partial charge in [0.05, 0.1) is 0 Å². The zero-order chi connectivity index (χ0) is 29.9. The zero-order valence-electron chi connectivity index (χ0n) is 24.7. The van der Waals surface area contributed by atoms with Crippen LogP contribution in [0.3, 0.4) is 0 Å². The minimum absolute atomic E-state index is 0.00878. The van der Waals surface area contributed by atoms with Crippen LogP contribution in [0, 0.1) is 6.92 Å². The van der Waals surface area contributed by atoms with Crippen LogP contribution < -0.4 is 31.0 Å². The van der Waals surface area contributed by atoms with E-state index in [1.54, 1.807) is 7.11 Å². The van der Waals surface area contributed by atoms with Crippen molar-refractivity contribution in [1.29, 1.82) is 0 Å². The molecule has 13 heteroatoms. The number of fused-ring (bicyclic) bond motifs is 5. The molecule has 0 aliphatic carbocycles. The Morgan fingerprint density at radius 1 is 1.30 bits per heavy atom. The first-order valence-corrected chi connectivity index (χ1v) is 17.8. The first-order chi connectivity index (χ1) is 20.8. The van der Waals surface area contributed by atoms with Crippen LogP contribution in [-0.2, 0) is 26.3 Å². The van der Waals surface area contributed by atoms with Crippen molar-refractivity contribution in [2.75, 3.05) is 80.4 Å². The first kappa shape index (κ1) is 29.4. The van der Waals surface area contributed by atoms with Crippen molar-refractivity contribution in [3.05, 3.63) is 47.4 Å². The standard InChI is InChI=1S/C30H39F2IN7O3/c1-4-25(41)37-11-9-36(10-12-37)23-15-39-22-13-24(35-26(28(31)32)21(22)5-7-33-29(23)39)38-8-6-30(18-38)27-19(2)14-34-40(27)20(16-42-3)17-43-30/h4,13-14,20,23,28-29H,1,5-12,15-18H2,2-3H3/q-1/t20-,23?,29?,30-/m0/s1. The molecule has 0 radical (unpaired) electrons. The number of alkyl halides is 4. The molecule has 3 saturated heterocycles. The number of amides is 1. The summed E-state index contributed by atoms with van der Waals surface area (Å²) >= 11 is -0.215.